The van der Waals surface area contributed by atoms with Crippen LogP contribution in [-0.4, -0.2) is 27.9 Å². The van der Waals surface area contributed by atoms with Gasteiger partial charge < -0.3 is 9.30 Å². The molecule has 2 heterocycles. The predicted octanol–water partition coefficient (Wildman–Crippen LogP) is 4.74. The van der Waals surface area contributed by atoms with Gasteiger partial charge in [-0.2, -0.15) is 0 Å². The lowest BCUT2D eigenvalue weighted by Crippen LogP contribution is -2.15. The first-order valence-corrected chi connectivity index (χ1v) is 9.92. The van der Waals surface area contributed by atoms with E-state index in [2.05, 4.69) is 9.55 Å². The number of rotatable bonds is 6. The Morgan fingerprint density at radius 1 is 1.25 bits per heavy atom. The summed E-state index contributed by atoms with van der Waals surface area (Å²) in [7, 11) is 0. The van der Waals surface area contributed by atoms with E-state index in [4.69, 9.17) is 4.74 Å². The summed E-state index contributed by atoms with van der Waals surface area (Å²) < 4.78 is 20.4. The van der Waals surface area contributed by atoms with Crippen molar-refractivity contribution in [2.45, 2.75) is 32.7 Å². The fourth-order valence-corrected chi connectivity index (χ4v) is 4.12. The van der Waals surface area contributed by atoms with E-state index in [-0.39, 0.29) is 23.9 Å². The van der Waals surface area contributed by atoms with Crippen molar-refractivity contribution in [2.24, 2.45) is 0 Å². The number of hydrogen-bond donors (Lipinski definition) is 0. The molecular formula is C21H19FN2O3S. The highest BCUT2D eigenvalue weighted by atomic mass is 32.1. The maximum Gasteiger partial charge on any atom is 0.358 e. The molecule has 1 aliphatic rings. The van der Waals surface area contributed by atoms with Crippen molar-refractivity contribution in [3.8, 4) is 10.6 Å². The normalized spacial score (nSPS) is 13.5. The molecule has 2 aromatic heterocycles. The lowest BCUT2D eigenvalue weighted by atomic mass is 10.1. The molecule has 0 N–H and O–H groups in total. The molecule has 1 fully saturated rings. The largest absolute Gasteiger partial charge is 0.453 e. The Morgan fingerprint density at radius 2 is 1.96 bits per heavy atom. The number of ketones is 1. The lowest BCUT2D eigenvalue weighted by molar-refractivity contribution is 0.0469. The van der Waals surface area contributed by atoms with Crippen molar-refractivity contribution in [3.63, 3.8) is 0 Å². The van der Waals surface area contributed by atoms with Crippen LogP contribution in [0, 0.1) is 19.7 Å². The Hall–Kier alpha value is -2.80. The van der Waals surface area contributed by atoms with Gasteiger partial charge in [0.1, 0.15) is 10.8 Å². The van der Waals surface area contributed by atoms with E-state index in [1.807, 2.05) is 19.9 Å². The summed E-state index contributed by atoms with van der Waals surface area (Å²) in [6.45, 7) is 3.59. The molecule has 0 atom stereocenters. The Kier molecular flexibility index (Phi) is 4.85. The van der Waals surface area contributed by atoms with Gasteiger partial charge >= 0.3 is 5.97 Å². The molecule has 0 amide bonds. The fraction of sp³-hybridized carbons (Fsp3) is 0.286. The summed E-state index contributed by atoms with van der Waals surface area (Å²) in [6.07, 6.45) is 2.28. The number of esters is 1. The number of hydrogen-bond acceptors (Lipinski definition) is 5. The van der Waals surface area contributed by atoms with Gasteiger partial charge in [0.15, 0.2) is 12.3 Å². The van der Waals surface area contributed by atoms with Crippen molar-refractivity contribution in [2.75, 3.05) is 6.61 Å². The van der Waals surface area contributed by atoms with Crippen LogP contribution >= 0.6 is 11.3 Å². The van der Waals surface area contributed by atoms with Crippen LogP contribution in [0.1, 0.15) is 51.1 Å². The summed E-state index contributed by atoms with van der Waals surface area (Å²) in [5.41, 5.74) is 3.43. The zero-order chi connectivity index (χ0) is 19.8. The number of aryl methyl sites for hydroxylation is 1. The maximum atomic E-state index is 13.0. The van der Waals surface area contributed by atoms with E-state index >= 15 is 0 Å². The first-order chi connectivity index (χ1) is 13.4. The van der Waals surface area contributed by atoms with Crippen molar-refractivity contribution in [1.82, 2.24) is 9.55 Å². The van der Waals surface area contributed by atoms with Gasteiger partial charge in [-0.1, -0.05) is 0 Å². The topological polar surface area (TPSA) is 61.2 Å². The number of benzene rings is 1. The standard InChI is InChI=1S/C21H19FN2O3S/c1-12-9-17(13(2)24(12)16-7-8-16)19(25)10-27-21(26)18-11-28-20(23-18)14-3-5-15(22)6-4-14/h3-6,9,11,16H,7-8,10H2,1-2H3. The third kappa shape index (κ3) is 3.62. The predicted molar refractivity (Wildman–Crippen MR) is 104 cm³/mol. The second-order valence-electron chi connectivity index (χ2n) is 6.93. The van der Waals surface area contributed by atoms with Gasteiger partial charge in [0.05, 0.1) is 0 Å². The number of nitrogens with zero attached hydrogens (tertiary/aromatic N) is 2. The highest BCUT2D eigenvalue weighted by Gasteiger charge is 2.28. The Balaban J connectivity index is 1.41. The van der Waals surface area contributed by atoms with E-state index in [9.17, 15) is 14.0 Å². The molecule has 3 aromatic rings. The minimum absolute atomic E-state index is 0.139. The SMILES string of the molecule is Cc1cc(C(=O)COC(=O)c2csc(-c3ccc(F)cc3)n2)c(C)n1C1CC1. The molecule has 1 saturated carbocycles. The van der Waals surface area contributed by atoms with E-state index in [1.165, 1.54) is 23.5 Å². The first-order valence-electron chi connectivity index (χ1n) is 9.04. The molecule has 1 aliphatic carbocycles. The average Bonchev–Trinajstić information content (AvgIpc) is 3.29. The number of aromatic nitrogens is 2. The van der Waals surface area contributed by atoms with E-state index in [0.29, 0.717) is 22.2 Å². The second-order valence-corrected chi connectivity index (χ2v) is 7.79. The molecule has 0 unspecified atom stereocenters. The molecule has 0 saturated heterocycles. The second kappa shape index (κ2) is 7.31. The van der Waals surface area contributed by atoms with E-state index in [1.54, 1.807) is 17.5 Å². The van der Waals surface area contributed by atoms with Crippen LogP contribution < -0.4 is 0 Å². The van der Waals surface area contributed by atoms with E-state index < -0.39 is 5.97 Å². The number of carbonyl (C=O) groups is 2. The Bertz CT molecular complexity index is 1050. The van der Waals surface area contributed by atoms with Crippen LogP contribution in [0.3, 0.4) is 0 Å². The van der Waals surface area contributed by atoms with Crippen LogP contribution in [0.5, 0.6) is 0 Å². The summed E-state index contributed by atoms with van der Waals surface area (Å²) in [5, 5.41) is 2.16. The quantitative estimate of drug-likeness (QED) is 0.444. The molecule has 4 rings (SSSR count). The van der Waals surface area contributed by atoms with Crippen LogP contribution in [0.2, 0.25) is 0 Å². The third-order valence-corrected chi connectivity index (χ3v) is 5.73. The van der Waals surface area contributed by atoms with Gasteiger partial charge in [-0.3, -0.25) is 4.79 Å². The molecule has 5 nitrogen and oxygen atoms in total. The Labute approximate surface area is 165 Å². The molecule has 7 heteroatoms. The van der Waals surface area contributed by atoms with Crippen LogP contribution in [0.25, 0.3) is 10.6 Å². The van der Waals surface area contributed by atoms with Crippen molar-refractivity contribution >= 4 is 23.1 Å². The smallest absolute Gasteiger partial charge is 0.358 e. The Morgan fingerprint density at radius 3 is 2.64 bits per heavy atom. The van der Waals surface area contributed by atoms with Crippen LogP contribution in [0.4, 0.5) is 4.39 Å². The zero-order valence-corrected chi connectivity index (χ0v) is 16.4. The highest BCUT2D eigenvalue weighted by Crippen LogP contribution is 2.38. The third-order valence-electron chi connectivity index (χ3n) is 4.84. The zero-order valence-electron chi connectivity index (χ0n) is 15.6. The lowest BCUT2D eigenvalue weighted by Gasteiger charge is -2.07. The first kappa shape index (κ1) is 18.6. The molecule has 0 bridgehead atoms. The molecule has 1 aromatic carbocycles. The monoisotopic (exact) mass is 398 g/mol. The van der Waals surface area contributed by atoms with Gasteiger partial charge in [0, 0.05) is 33.9 Å². The average molecular weight is 398 g/mol. The minimum atomic E-state index is -0.644. The molecular weight excluding hydrogens is 379 g/mol. The van der Waals surface area contributed by atoms with Gasteiger partial charge in [-0.25, -0.2) is 14.2 Å². The summed E-state index contributed by atoms with van der Waals surface area (Å²) >= 11 is 1.26. The summed E-state index contributed by atoms with van der Waals surface area (Å²) in [6, 6.07) is 8.23. The number of Topliss-reactive ketones (excluding diaryl/α,β-unsaturated/α-hetero) is 1. The summed E-state index contributed by atoms with van der Waals surface area (Å²) in [4.78, 5) is 29.0. The van der Waals surface area contributed by atoms with Crippen molar-refractivity contribution in [3.05, 3.63) is 64.2 Å². The van der Waals surface area contributed by atoms with Gasteiger partial charge in [-0.15, -0.1) is 11.3 Å². The van der Waals surface area contributed by atoms with Crippen LogP contribution in [0.15, 0.2) is 35.7 Å². The highest BCUT2D eigenvalue weighted by molar-refractivity contribution is 7.13. The summed E-state index contributed by atoms with van der Waals surface area (Å²) in [5.74, 6) is -1.20. The number of halogens is 1. The minimum Gasteiger partial charge on any atom is -0.453 e. The van der Waals surface area contributed by atoms with Gasteiger partial charge in [0.25, 0.3) is 0 Å². The van der Waals surface area contributed by atoms with Crippen molar-refractivity contribution < 1.29 is 18.7 Å². The van der Waals surface area contributed by atoms with Crippen LogP contribution in [-0.2, 0) is 4.74 Å². The molecule has 0 aliphatic heterocycles. The number of ether oxygens (including phenoxy) is 1. The molecule has 28 heavy (non-hydrogen) atoms. The maximum absolute atomic E-state index is 13.0. The number of carbonyl (C=O) groups excluding carboxylic acids is 2. The number of thiazole rings is 1. The fourth-order valence-electron chi connectivity index (χ4n) is 3.33. The molecule has 0 radical (unpaired) electrons. The van der Waals surface area contributed by atoms with Crippen molar-refractivity contribution in [1.29, 1.82) is 0 Å². The van der Waals surface area contributed by atoms with Gasteiger partial charge in [0.2, 0.25) is 5.78 Å². The van der Waals surface area contributed by atoms with Gasteiger partial charge in [-0.05, 0) is 57.0 Å². The van der Waals surface area contributed by atoms with E-state index in [0.717, 1.165) is 24.2 Å². The molecule has 144 valence electrons. The molecule has 0 spiro atoms.